The molecule has 0 saturated heterocycles. The summed E-state index contributed by atoms with van der Waals surface area (Å²) in [5.41, 5.74) is 0.340. The third kappa shape index (κ3) is 2.76. The van der Waals surface area contributed by atoms with E-state index in [4.69, 9.17) is 13.8 Å². The van der Waals surface area contributed by atoms with Crippen LogP contribution < -0.4 is 19.7 Å². The first kappa shape index (κ1) is 17.5. The zero-order valence-corrected chi connectivity index (χ0v) is 15.6. The minimum absolute atomic E-state index is 0.279. The molecule has 1 N–H and O–H groups in total. The van der Waals surface area contributed by atoms with Crippen LogP contribution in [0.1, 0.15) is 17.3 Å². The molecule has 27 heavy (non-hydrogen) atoms. The zero-order chi connectivity index (χ0) is 18.9. The van der Waals surface area contributed by atoms with Crippen molar-refractivity contribution in [1.29, 1.82) is 0 Å². The maximum atomic E-state index is 12.1. The summed E-state index contributed by atoms with van der Waals surface area (Å²) in [6.45, 7) is 2.02. The SMILES string of the molecule is CCOC(=O)c1ccc2c(c1)OP(O)(c1ccccc1)(c1ccccc1)O2. The van der Waals surface area contributed by atoms with Crippen molar-refractivity contribution >= 4 is 23.9 Å². The molecule has 0 aliphatic carbocycles. The molecule has 0 fully saturated rings. The van der Waals surface area contributed by atoms with E-state index in [1.54, 1.807) is 49.4 Å². The Kier molecular flexibility index (Phi) is 4.14. The summed E-state index contributed by atoms with van der Waals surface area (Å²) in [6.07, 6.45) is 0. The van der Waals surface area contributed by atoms with Crippen LogP contribution in [0.25, 0.3) is 0 Å². The van der Waals surface area contributed by atoms with E-state index in [0.29, 0.717) is 27.7 Å². The topological polar surface area (TPSA) is 65.0 Å². The Morgan fingerprint density at radius 3 is 2.00 bits per heavy atom. The number of ether oxygens (including phenoxy) is 1. The van der Waals surface area contributed by atoms with Gasteiger partial charge in [-0.25, -0.2) is 0 Å². The molecule has 1 aliphatic heterocycles. The Hall–Kier alpha value is -2.88. The van der Waals surface area contributed by atoms with Gasteiger partial charge >= 0.3 is 157 Å². The van der Waals surface area contributed by atoms with Gasteiger partial charge in [0.1, 0.15) is 0 Å². The van der Waals surface area contributed by atoms with E-state index in [2.05, 4.69) is 0 Å². The molecule has 6 heteroatoms. The Morgan fingerprint density at radius 2 is 1.44 bits per heavy atom. The van der Waals surface area contributed by atoms with Crippen LogP contribution in [0.3, 0.4) is 0 Å². The van der Waals surface area contributed by atoms with Gasteiger partial charge in [0.25, 0.3) is 0 Å². The molecule has 0 bridgehead atoms. The van der Waals surface area contributed by atoms with Crippen molar-refractivity contribution in [3.63, 3.8) is 0 Å². The average molecular weight is 382 g/mol. The molecule has 3 aromatic rings. The summed E-state index contributed by atoms with van der Waals surface area (Å²) in [7, 11) is -4.42. The predicted molar refractivity (Wildman–Crippen MR) is 105 cm³/mol. The van der Waals surface area contributed by atoms with Crippen molar-refractivity contribution < 1.29 is 23.5 Å². The van der Waals surface area contributed by atoms with Gasteiger partial charge in [0.05, 0.1) is 0 Å². The fourth-order valence-corrected chi connectivity index (χ4v) is 6.30. The van der Waals surface area contributed by atoms with E-state index < -0.39 is 13.3 Å². The Morgan fingerprint density at radius 1 is 0.889 bits per heavy atom. The second-order valence-corrected chi connectivity index (χ2v) is 9.38. The van der Waals surface area contributed by atoms with Crippen molar-refractivity contribution in [3.05, 3.63) is 84.4 Å². The van der Waals surface area contributed by atoms with Crippen LogP contribution >= 0.6 is 7.28 Å². The summed E-state index contributed by atoms with van der Waals surface area (Å²) < 4.78 is 17.4. The molecule has 4 rings (SSSR count). The summed E-state index contributed by atoms with van der Waals surface area (Å²) in [4.78, 5) is 24.1. The Bertz CT molecular complexity index is 948. The first-order valence-electron chi connectivity index (χ1n) is 8.63. The third-order valence-corrected chi connectivity index (χ3v) is 7.90. The maximum absolute atomic E-state index is 12.1. The van der Waals surface area contributed by atoms with Crippen LogP contribution in [-0.2, 0) is 4.74 Å². The van der Waals surface area contributed by atoms with Gasteiger partial charge in [0.15, 0.2) is 0 Å². The van der Waals surface area contributed by atoms with Gasteiger partial charge in [0.2, 0.25) is 0 Å². The third-order valence-electron chi connectivity index (χ3n) is 4.41. The van der Waals surface area contributed by atoms with E-state index in [1.807, 2.05) is 36.4 Å². The van der Waals surface area contributed by atoms with Crippen LogP contribution in [0.5, 0.6) is 11.5 Å². The fourth-order valence-electron chi connectivity index (χ4n) is 3.12. The van der Waals surface area contributed by atoms with Crippen molar-refractivity contribution in [2.75, 3.05) is 6.61 Å². The molecule has 0 aromatic heterocycles. The molecular formula is C21H19O5P. The van der Waals surface area contributed by atoms with Gasteiger partial charge in [-0.05, 0) is 0 Å². The van der Waals surface area contributed by atoms with Crippen molar-refractivity contribution in [2.24, 2.45) is 0 Å². The normalized spacial score (nSPS) is 17.5. The molecule has 0 unspecified atom stereocenters. The van der Waals surface area contributed by atoms with Crippen LogP contribution in [0.15, 0.2) is 78.9 Å². The second kappa shape index (κ2) is 6.38. The number of fused-ring (bicyclic) bond motifs is 1. The molecule has 3 aromatic carbocycles. The molecule has 1 aliphatic rings. The van der Waals surface area contributed by atoms with Crippen LogP contribution in [-0.4, -0.2) is 17.5 Å². The molecule has 0 saturated carbocycles. The van der Waals surface area contributed by atoms with Gasteiger partial charge in [-0.1, -0.05) is 0 Å². The van der Waals surface area contributed by atoms with Gasteiger partial charge in [-0.2, -0.15) is 0 Å². The molecule has 0 atom stereocenters. The molecule has 138 valence electrons. The summed E-state index contributed by atoms with van der Waals surface area (Å²) in [5.74, 6) is 0.248. The first-order valence-corrected chi connectivity index (χ1v) is 10.7. The van der Waals surface area contributed by atoms with Crippen molar-refractivity contribution in [2.45, 2.75) is 6.92 Å². The number of hydrogen-bond donors (Lipinski definition) is 1. The molecule has 0 amide bonds. The number of rotatable bonds is 4. The summed E-state index contributed by atoms with van der Waals surface area (Å²) in [6, 6.07) is 22.9. The molecule has 0 radical (unpaired) electrons. The standard InChI is InChI=1S/C21H19O5P/c1-2-24-21(22)16-13-14-19-20(15-16)26-27(23,25-19,17-9-5-3-6-10-17)18-11-7-4-8-12-18/h3-15,23H,2H2,1H3. The summed E-state index contributed by atoms with van der Waals surface area (Å²) >= 11 is 0. The monoisotopic (exact) mass is 382 g/mol. The Labute approximate surface area is 157 Å². The Balaban J connectivity index is 1.86. The van der Waals surface area contributed by atoms with Gasteiger partial charge in [0, 0.05) is 0 Å². The second-order valence-electron chi connectivity index (χ2n) is 6.15. The van der Waals surface area contributed by atoms with E-state index in [1.165, 1.54) is 0 Å². The summed E-state index contributed by atoms with van der Waals surface area (Å²) in [5, 5.41) is 1.09. The number of carbonyl (C=O) groups is 1. The van der Waals surface area contributed by atoms with Gasteiger partial charge in [-0.15, -0.1) is 0 Å². The molecule has 0 spiro atoms. The fraction of sp³-hybridized carbons (Fsp3) is 0.0952. The van der Waals surface area contributed by atoms with E-state index >= 15 is 0 Å². The molecule has 5 nitrogen and oxygen atoms in total. The van der Waals surface area contributed by atoms with Crippen molar-refractivity contribution in [3.8, 4) is 11.5 Å². The van der Waals surface area contributed by atoms with E-state index in [9.17, 15) is 9.69 Å². The quantitative estimate of drug-likeness (QED) is 0.552. The van der Waals surface area contributed by atoms with Gasteiger partial charge in [-0.3, -0.25) is 0 Å². The zero-order valence-electron chi connectivity index (χ0n) is 14.7. The average Bonchev–Trinajstić information content (AvgIpc) is 3.04. The van der Waals surface area contributed by atoms with Crippen LogP contribution in [0.4, 0.5) is 0 Å². The van der Waals surface area contributed by atoms with Gasteiger partial charge < -0.3 is 0 Å². The number of benzene rings is 3. The first-order chi connectivity index (χ1) is 13.0. The number of hydrogen-bond acceptors (Lipinski definition) is 5. The van der Waals surface area contributed by atoms with Crippen LogP contribution in [0, 0.1) is 0 Å². The number of esters is 1. The number of carbonyl (C=O) groups excluding carboxylic acids is 1. The van der Waals surface area contributed by atoms with E-state index in [0.717, 1.165) is 0 Å². The predicted octanol–water partition coefficient (Wildman–Crippen LogP) is 3.58. The van der Waals surface area contributed by atoms with E-state index in [-0.39, 0.29) is 6.61 Å². The minimum atomic E-state index is -4.42. The molecule has 1 heterocycles. The molecular weight excluding hydrogens is 363 g/mol. The van der Waals surface area contributed by atoms with Crippen LogP contribution in [0.2, 0.25) is 0 Å². The van der Waals surface area contributed by atoms with Crippen molar-refractivity contribution in [1.82, 2.24) is 0 Å².